The lowest BCUT2D eigenvalue weighted by atomic mass is 9.84. The third kappa shape index (κ3) is 3.67. The summed E-state index contributed by atoms with van der Waals surface area (Å²) in [5.41, 5.74) is -0.758. The van der Waals surface area contributed by atoms with Crippen molar-refractivity contribution in [2.75, 3.05) is 13.6 Å². The van der Waals surface area contributed by atoms with E-state index in [1.807, 2.05) is 25.2 Å². The third-order valence-corrected chi connectivity index (χ3v) is 5.73. The number of likely N-dealkylation sites (N-methyl/N-ethyl adjacent to an activating group) is 1. The first-order chi connectivity index (χ1) is 9.63. The van der Waals surface area contributed by atoms with Gasteiger partial charge >= 0.3 is 0 Å². The molecule has 3 nitrogen and oxygen atoms in total. The molecule has 1 aliphatic rings. The number of thiophene rings is 1. The molecule has 1 N–H and O–H groups in total. The lowest BCUT2D eigenvalue weighted by molar-refractivity contribution is -0.0913. The maximum atomic E-state index is 10.6. The van der Waals surface area contributed by atoms with E-state index in [2.05, 4.69) is 50.2 Å². The van der Waals surface area contributed by atoms with Crippen LogP contribution in [0.5, 0.6) is 0 Å². The number of ether oxygens (including phenoxy) is 1. The van der Waals surface area contributed by atoms with Crippen LogP contribution in [0.25, 0.3) is 0 Å². The average Bonchev–Trinajstić information content (AvgIpc) is 2.90. The standard InChI is InChI=1S/C17H29NO2S/c1-12(10-13-8-7-9-21-13)18(6)11-14-15(19)17(4,5)20-16(14,2)3/h7-9,12,14-15,19H,10-11H2,1-6H3. The van der Waals surface area contributed by atoms with Crippen LogP contribution in [0.4, 0.5) is 0 Å². The van der Waals surface area contributed by atoms with E-state index in [1.54, 1.807) is 0 Å². The van der Waals surface area contributed by atoms with E-state index < -0.39 is 11.7 Å². The fourth-order valence-corrected chi connectivity index (χ4v) is 4.19. The topological polar surface area (TPSA) is 32.7 Å². The SMILES string of the molecule is CC(Cc1cccs1)N(C)CC1C(O)C(C)(C)OC1(C)C. The van der Waals surface area contributed by atoms with Gasteiger partial charge in [-0.3, -0.25) is 0 Å². The van der Waals surface area contributed by atoms with Crippen molar-refractivity contribution >= 4 is 11.3 Å². The summed E-state index contributed by atoms with van der Waals surface area (Å²) >= 11 is 1.81. The van der Waals surface area contributed by atoms with Gasteiger partial charge in [-0.15, -0.1) is 11.3 Å². The molecule has 4 heteroatoms. The molecule has 21 heavy (non-hydrogen) atoms. The molecule has 2 heterocycles. The molecule has 0 bridgehead atoms. The molecular formula is C17H29NO2S. The second-order valence-corrected chi connectivity index (χ2v) is 8.46. The van der Waals surface area contributed by atoms with Crippen molar-refractivity contribution in [3.8, 4) is 0 Å². The summed E-state index contributed by atoms with van der Waals surface area (Å²) in [4.78, 5) is 3.76. The van der Waals surface area contributed by atoms with Gasteiger partial charge < -0.3 is 14.7 Å². The Morgan fingerprint density at radius 1 is 1.33 bits per heavy atom. The number of aliphatic hydroxyl groups excluding tert-OH is 1. The summed E-state index contributed by atoms with van der Waals surface area (Å²) in [5, 5.41) is 12.7. The number of aliphatic hydroxyl groups is 1. The van der Waals surface area contributed by atoms with Crippen molar-refractivity contribution in [2.45, 2.75) is 64.4 Å². The van der Waals surface area contributed by atoms with E-state index in [4.69, 9.17) is 4.74 Å². The molecule has 1 aromatic heterocycles. The van der Waals surface area contributed by atoms with Gasteiger partial charge in [0.1, 0.15) is 0 Å². The van der Waals surface area contributed by atoms with E-state index >= 15 is 0 Å². The Kier molecular flexibility index (Phi) is 4.84. The maximum absolute atomic E-state index is 10.6. The molecule has 0 spiro atoms. The van der Waals surface area contributed by atoms with Crippen molar-refractivity contribution in [1.29, 1.82) is 0 Å². The highest BCUT2D eigenvalue weighted by atomic mass is 32.1. The second-order valence-electron chi connectivity index (χ2n) is 7.43. The van der Waals surface area contributed by atoms with Gasteiger partial charge in [0.2, 0.25) is 0 Å². The van der Waals surface area contributed by atoms with Crippen LogP contribution in [0.1, 0.15) is 39.5 Å². The van der Waals surface area contributed by atoms with Gasteiger partial charge in [-0.25, -0.2) is 0 Å². The zero-order valence-electron chi connectivity index (χ0n) is 14.1. The Bertz CT molecular complexity index is 455. The molecule has 1 fully saturated rings. The van der Waals surface area contributed by atoms with E-state index in [-0.39, 0.29) is 11.5 Å². The summed E-state index contributed by atoms with van der Waals surface area (Å²) in [5.74, 6) is 0.128. The number of rotatable bonds is 5. The minimum atomic E-state index is -0.466. The summed E-state index contributed by atoms with van der Waals surface area (Å²) in [6.45, 7) is 11.2. The van der Waals surface area contributed by atoms with Gasteiger partial charge in [-0.2, -0.15) is 0 Å². The van der Waals surface area contributed by atoms with E-state index in [0.29, 0.717) is 6.04 Å². The number of hydrogen-bond donors (Lipinski definition) is 1. The monoisotopic (exact) mass is 311 g/mol. The van der Waals surface area contributed by atoms with Gasteiger partial charge in [0.25, 0.3) is 0 Å². The van der Waals surface area contributed by atoms with Crippen molar-refractivity contribution in [2.24, 2.45) is 5.92 Å². The van der Waals surface area contributed by atoms with Crippen molar-refractivity contribution in [3.63, 3.8) is 0 Å². The Hall–Kier alpha value is -0.420. The first-order valence-corrected chi connectivity index (χ1v) is 8.62. The fraction of sp³-hybridized carbons (Fsp3) is 0.765. The lowest BCUT2D eigenvalue weighted by Crippen LogP contribution is -2.45. The molecule has 1 aliphatic heterocycles. The van der Waals surface area contributed by atoms with Gasteiger partial charge in [0.15, 0.2) is 0 Å². The minimum absolute atomic E-state index is 0.128. The van der Waals surface area contributed by atoms with Gasteiger partial charge in [0, 0.05) is 23.4 Å². The molecule has 1 saturated heterocycles. The molecule has 3 unspecified atom stereocenters. The van der Waals surface area contributed by atoms with Gasteiger partial charge in [-0.1, -0.05) is 6.07 Å². The second kappa shape index (κ2) is 5.99. The van der Waals surface area contributed by atoms with E-state index in [1.165, 1.54) is 4.88 Å². The molecule has 120 valence electrons. The average molecular weight is 311 g/mol. The first-order valence-electron chi connectivity index (χ1n) is 7.74. The van der Waals surface area contributed by atoms with E-state index in [9.17, 15) is 5.11 Å². The highest BCUT2D eigenvalue weighted by Gasteiger charge is 2.53. The Labute approximate surface area is 132 Å². The van der Waals surface area contributed by atoms with Crippen LogP contribution in [0.15, 0.2) is 17.5 Å². The highest BCUT2D eigenvalue weighted by molar-refractivity contribution is 7.09. The van der Waals surface area contributed by atoms with Crippen molar-refractivity contribution < 1.29 is 9.84 Å². The molecular weight excluding hydrogens is 282 g/mol. The molecule has 0 radical (unpaired) electrons. The Morgan fingerprint density at radius 2 is 2.00 bits per heavy atom. The zero-order valence-corrected chi connectivity index (χ0v) is 14.9. The fourth-order valence-electron chi connectivity index (χ4n) is 3.36. The molecule has 1 aromatic rings. The van der Waals surface area contributed by atoms with Gasteiger partial charge in [-0.05, 0) is 59.5 Å². The van der Waals surface area contributed by atoms with Crippen LogP contribution in [-0.4, -0.2) is 46.9 Å². The largest absolute Gasteiger partial charge is 0.390 e. The van der Waals surface area contributed by atoms with Crippen molar-refractivity contribution in [1.82, 2.24) is 4.90 Å². The summed E-state index contributed by atoms with van der Waals surface area (Å²) in [7, 11) is 2.15. The van der Waals surface area contributed by atoms with Crippen LogP contribution < -0.4 is 0 Å². The quantitative estimate of drug-likeness (QED) is 0.906. The maximum Gasteiger partial charge on any atom is 0.0896 e. The third-order valence-electron chi connectivity index (χ3n) is 4.83. The molecule has 0 amide bonds. The molecule has 2 rings (SSSR count). The summed E-state index contributed by atoms with van der Waals surface area (Å²) < 4.78 is 6.07. The Balaban J connectivity index is 1.99. The molecule has 3 atom stereocenters. The lowest BCUT2D eigenvalue weighted by Gasteiger charge is -2.33. The predicted octanol–water partition coefficient (Wildman–Crippen LogP) is 3.18. The Morgan fingerprint density at radius 3 is 2.48 bits per heavy atom. The summed E-state index contributed by atoms with van der Waals surface area (Å²) in [6.07, 6.45) is 0.630. The number of nitrogens with zero attached hydrogens (tertiary/aromatic N) is 1. The van der Waals surface area contributed by atoms with E-state index in [0.717, 1.165) is 13.0 Å². The molecule has 0 saturated carbocycles. The highest BCUT2D eigenvalue weighted by Crippen LogP contribution is 2.42. The normalized spacial score (nSPS) is 29.0. The predicted molar refractivity (Wildman–Crippen MR) is 88.9 cm³/mol. The van der Waals surface area contributed by atoms with Crippen LogP contribution in [-0.2, 0) is 11.2 Å². The summed E-state index contributed by atoms with van der Waals surface area (Å²) in [6, 6.07) is 4.75. The minimum Gasteiger partial charge on any atom is -0.390 e. The first kappa shape index (κ1) is 16.9. The smallest absolute Gasteiger partial charge is 0.0896 e. The zero-order chi connectivity index (χ0) is 15.8. The van der Waals surface area contributed by atoms with Crippen LogP contribution in [0.3, 0.4) is 0 Å². The van der Waals surface area contributed by atoms with Crippen molar-refractivity contribution in [3.05, 3.63) is 22.4 Å². The number of hydrogen-bond acceptors (Lipinski definition) is 4. The van der Waals surface area contributed by atoms with Crippen LogP contribution in [0, 0.1) is 5.92 Å². The van der Waals surface area contributed by atoms with Gasteiger partial charge in [0.05, 0.1) is 17.3 Å². The van der Waals surface area contributed by atoms with Crippen LogP contribution >= 0.6 is 11.3 Å². The molecule has 0 aliphatic carbocycles. The van der Waals surface area contributed by atoms with Crippen LogP contribution in [0.2, 0.25) is 0 Å². The molecule has 0 aromatic carbocycles.